The molecule has 2 aromatic rings. The number of rotatable bonds is 3. The lowest BCUT2D eigenvalue weighted by Gasteiger charge is -2.30. The Morgan fingerprint density at radius 3 is 2.44 bits per heavy atom. The molecule has 182 valence electrons. The van der Waals surface area contributed by atoms with Gasteiger partial charge in [-0.2, -0.15) is 0 Å². The molecule has 2 amide bonds. The molecule has 8 heteroatoms. The molecule has 0 saturated heterocycles. The second kappa shape index (κ2) is 9.91. The Hall–Kier alpha value is -3.29. The van der Waals surface area contributed by atoms with Gasteiger partial charge in [0.25, 0.3) is 0 Å². The maximum absolute atomic E-state index is 13.8. The minimum atomic E-state index is -0.545. The lowest BCUT2D eigenvalue weighted by Crippen LogP contribution is -2.38. The number of amides is 2. The number of hydrogen-bond donors (Lipinski definition) is 0. The van der Waals surface area contributed by atoms with Gasteiger partial charge in [-0.3, -0.25) is 4.90 Å². The summed E-state index contributed by atoms with van der Waals surface area (Å²) < 4.78 is 30.6. The number of anilines is 1. The Morgan fingerprint density at radius 1 is 1.03 bits per heavy atom. The van der Waals surface area contributed by atoms with Crippen molar-refractivity contribution in [3.05, 3.63) is 58.9 Å². The molecule has 4 rings (SSSR count). The highest BCUT2D eigenvalue weighted by molar-refractivity contribution is 5.90. The van der Waals surface area contributed by atoms with Gasteiger partial charge in [0.15, 0.2) is 0 Å². The highest BCUT2D eigenvalue weighted by Crippen LogP contribution is 2.36. The van der Waals surface area contributed by atoms with Crippen molar-refractivity contribution in [3.63, 3.8) is 0 Å². The van der Waals surface area contributed by atoms with Crippen molar-refractivity contribution < 1.29 is 28.2 Å². The molecule has 0 atom stereocenters. The third-order valence-electron chi connectivity index (χ3n) is 5.87. The van der Waals surface area contributed by atoms with E-state index in [-0.39, 0.29) is 18.5 Å². The molecule has 0 spiro atoms. The maximum Gasteiger partial charge on any atom is 0.414 e. The van der Waals surface area contributed by atoms with Gasteiger partial charge >= 0.3 is 12.2 Å². The van der Waals surface area contributed by atoms with Crippen molar-refractivity contribution in [2.24, 2.45) is 0 Å². The normalized spacial score (nSPS) is 15.5. The molecule has 0 bridgehead atoms. The Kier molecular flexibility index (Phi) is 6.95. The monoisotopic (exact) mass is 470 g/mol. The van der Waals surface area contributed by atoms with E-state index in [4.69, 9.17) is 14.2 Å². The molecule has 0 radical (unpaired) electrons. The summed E-state index contributed by atoms with van der Waals surface area (Å²) in [4.78, 5) is 28.6. The van der Waals surface area contributed by atoms with E-state index in [0.717, 1.165) is 11.1 Å². The highest BCUT2D eigenvalue weighted by Gasteiger charge is 2.29. The van der Waals surface area contributed by atoms with E-state index in [9.17, 15) is 14.0 Å². The lowest BCUT2D eigenvalue weighted by atomic mass is 10.0. The number of ether oxygens (including phenoxy) is 3. The van der Waals surface area contributed by atoms with Crippen LogP contribution >= 0.6 is 0 Å². The first-order valence-electron chi connectivity index (χ1n) is 11.7. The molecule has 2 aliphatic rings. The summed E-state index contributed by atoms with van der Waals surface area (Å²) in [7, 11) is 0. The third-order valence-corrected chi connectivity index (χ3v) is 5.87. The van der Waals surface area contributed by atoms with E-state index in [1.165, 1.54) is 6.07 Å². The predicted molar refractivity (Wildman–Crippen MR) is 126 cm³/mol. The molecular weight excluding hydrogens is 439 g/mol. The fourth-order valence-corrected chi connectivity index (χ4v) is 4.16. The van der Waals surface area contributed by atoms with Crippen molar-refractivity contribution in [2.75, 3.05) is 37.7 Å². The summed E-state index contributed by atoms with van der Waals surface area (Å²) in [6, 6.07) is 10.4. The van der Waals surface area contributed by atoms with Crippen LogP contribution in [-0.4, -0.2) is 55.5 Å². The molecule has 2 aromatic carbocycles. The van der Waals surface area contributed by atoms with Crippen molar-refractivity contribution >= 4 is 17.9 Å². The zero-order valence-electron chi connectivity index (χ0n) is 19.9. The fourth-order valence-electron chi connectivity index (χ4n) is 4.16. The summed E-state index contributed by atoms with van der Waals surface area (Å²) in [5.74, 6) is 0.320. The van der Waals surface area contributed by atoms with Gasteiger partial charge < -0.3 is 19.1 Å². The van der Waals surface area contributed by atoms with Crippen LogP contribution in [0.15, 0.2) is 36.4 Å². The van der Waals surface area contributed by atoms with Gasteiger partial charge in [-0.05, 0) is 68.5 Å². The number of fused-ring (bicyclic) bond motifs is 2. The van der Waals surface area contributed by atoms with Crippen LogP contribution in [0, 0.1) is 5.82 Å². The third kappa shape index (κ3) is 5.61. The number of carbonyl (C=O) groups excluding carboxylic acids is 2. The Morgan fingerprint density at radius 2 is 1.74 bits per heavy atom. The molecule has 34 heavy (non-hydrogen) atoms. The van der Waals surface area contributed by atoms with E-state index in [1.54, 1.807) is 28.0 Å². The predicted octanol–water partition coefficient (Wildman–Crippen LogP) is 4.74. The van der Waals surface area contributed by atoms with Crippen LogP contribution in [0.25, 0.3) is 0 Å². The smallest absolute Gasteiger partial charge is 0.414 e. The van der Waals surface area contributed by atoms with E-state index in [2.05, 4.69) is 0 Å². The second-order valence-electron chi connectivity index (χ2n) is 9.51. The van der Waals surface area contributed by atoms with Crippen LogP contribution in [0.3, 0.4) is 0 Å². The summed E-state index contributed by atoms with van der Waals surface area (Å²) in [5, 5.41) is 0. The summed E-state index contributed by atoms with van der Waals surface area (Å²) in [5.41, 5.74) is 2.79. The SMILES string of the molecule is CC(C)(C)OC(=O)N1CCc2cc3c(cc2CC1)N(C(=O)OCCc1ccccc1F)CCO3. The van der Waals surface area contributed by atoms with Crippen LogP contribution < -0.4 is 9.64 Å². The first-order chi connectivity index (χ1) is 16.2. The van der Waals surface area contributed by atoms with Crippen LogP contribution in [0.4, 0.5) is 19.7 Å². The average Bonchev–Trinajstić information content (AvgIpc) is 2.99. The van der Waals surface area contributed by atoms with Crippen molar-refractivity contribution in [1.82, 2.24) is 4.90 Å². The van der Waals surface area contributed by atoms with Crippen molar-refractivity contribution in [2.45, 2.75) is 45.6 Å². The first kappa shape index (κ1) is 23.9. The first-order valence-corrected chi connectivity index (χ1v) is 11.7. The zero-order chi connectivity index (χ0) is 24.3. The van der Waals surface area contributed by atoms with Gasteiger partial charge in [-0.15, -0.1) is 0 Å². The quantitative estimate of drug-likeness (QED) is 0.648. The van der Waals surface area contributed by atoms with Crippen LogP contribution in [0.5, 0.6) is 5.75 Å². The number of hydrogen-bond acceptors (Lipinski definition) is 5. The number of halogens is 1. The topological polar surface area (TPSA) is 68.3 Å². The Balaban J connectivity index is 1.43. The van der Waals surface area contributed by atoms with Crippen molar-refractivity contribution in [1.29, 1.82) is 0 Å². The van der Waals surface area contributed by atoms with E-state index in [0.29, 0.717) is 62.5 Å². The summed E-state index contributed by atoms with van der Waals surface area (Å²) >= 11 is 0. The number of benzene rings is 2. The van der Waals surface area contributed by atoms with Crippen LogP contribution in [0.2, 0.25) is 0 Å². The summed E-state index contributed by atoms with van der Waals surface area (Å²) in [6.45, 7) is 7.47. The highest BCUT2D eigenvalue weighted by atomic mass is 19.1. The molecular formula is C26H31FN2O5. The molecule has 7 nitrogen and oxygen atoms in total. The maximum atomic E-state index is 13.8. The summed E-state index contributed by atoms with van der Waals surface area (Å²) in [6.07, 6.45) is 0.836. The van der Waals surface area contributed by atoms with Crippen LogP contribution in [-0.2, 0) is 28.7 Å². The minimum absolute atomic E-state index is 0.0856. The Labute approximate surface area is 199 Å². The van der Waals surface area contributed by atoms with Gasteiger partial charge in [-0.25, -0.2) is 14.0 Å². The molecule has 0 fully saturated rings. The fraction of sp³-hybridized carbons (Fsp3) is 0.462. The number of nitrogens with zero attached hydrogens (tertiary/aromatic N) is 2. The van der Waals surface area contributed by atoms with E-state index < -0.39 is 11.7 Å². The number of carbonyl (C=O) groups is 2. The zero-order valence-corrected chi connectivity index (χ0v) is 19.9. The standard InChI is InChI=1S/C26H31FN2O5/c1-26(2,3)34-24(30)28-11-8-19-16-22-23(17-20(19)9-12-28)32-15-13-29(22)25(31)33-14-10-18-6-4-5-7-21(18)27/h4-7,16-17H,8-15H2,1-3H3. The van der Waals surface area contributed by atoms with E-state index >= 15 is 0 Å². The molecule has 2 heterocycles. The molecule has 0 aliphatic carbocycles. The largest absolute Gasteiger partial charge is 0.490 e. The molecule has 0 aromatic heterocycles. The lowest BCUT2D eigenvalue weighted by molar-refractivity contribution is 0.0258. The second-order valence-corrected chi connectivity index (χ2v) is 9.51. The molecule has 0 unspecified atom stereocenters. The Bertz CT molecular complexity index is 1070. The molecule has 0 N–H and O–H groups in total. The van der Waals surface area contributed by atoms with E-state index in [1.807, 2.05) is 32.9 Å². The van der Waals surface area contributed by atoms with Crippen LogP contribution in [0.1, 0.15) is 37.5 Å². The van der Waals surface area contributed by atoms with Gasteiger partial charge in [-0.1, -0.05) is 18.2 Å². The molecule has 0 saturated carbocycles. The molecule has 2 aliphatic heterocycles. The van der Waals surface area contributed by atoms with Gasteiger partial charge in [0, 0.05) is 19.5 Å². The minimum Gasteiger partial charge on any atom is -0.490 e. The average molecular weight is 471 g/mol. The van der Waals surface area contributed by atoms with Crippen molar-refractivity contribution in [3.8, 4) is 5.75 Å². The van der Waals surface area contributed by atoms with Gasteiger partial charge in [0.05, 0.1) is 18.8 Å². The van der Waals surface area contributed by atoms with Gasteiger partial charge in [0.1, 0.15) is 23.8 Å². The van der Waals surface area contributed by atoms with Gasteiger partial charge in [0.2, 0.25) is 0 Å².